The van der Waals surface area contributed by atoms with Crippen molar-refractivity contribution >= 4 is 17.5 Å². The number of esters is 1. The highest BCUT2D eigenvalue weighted by Gasteiger charge is 2.22. The van der Waals surface area contributed by atoms with Gasteiger partial charge in [0, 0.05) is 12.8 Å². The summed E-state index contributed by atoms with van der Waals surface area (Å²) in [4.78, 5) is 25.1. The first-order valence-corrected chi connectivity index (χ1v) is 5.05. The molecular weight excluding hydrogens is 196 g/mol. The van der Waals surface area contributed by atoms with Crippen LogP contribution in [0.2, 0.25) is 0 Å². The summed E-state index contributed by atoms with van der Waals surface area (Å²) in [6.07, 6.45) is 1.62. The molecule has 15 heavy (non-hydrogen) atoms. The molecule has 0 spiro atoms. The lowest BCUT2D eigenvalue weighted by Gasteiger charge is -1.97. The van der Waals surface area contributed by atoms with Gasteiger partial charge in [-0.25, -0.2) is 4.79 Å². The van der Waals surface area contributed by atoms with Crippen LogP contribution in [0.25, 0.3) is 5.53 Å². The van der Waals surface area contributed by atoms with E-state index in [1.165, 1.54) is 0 Å². The van der Waals surface area contributed by atoms with Gasteiger partial charge in [0.2, 0.25) is 0 Å². The van der Waals surface area contributed by atoms with E-state index in [2.05, 4.69) is 9.53 Å². The minimum Gasteiger partial charge on any atom is -0.457 e. The van der Waals surface area contributed by atoms with Crippen molar-refractivity contribution in [3.63, 3.8) is 0 Å². The number of Topliss-reactive ketones (excluding diaryl/α,β-unsaturated/α-hetero) is 1. The Labute approximate surface area is 89.0 Å². The zero-order valence-corrected chi connectivity index (χ0v) is 9.15. The Bertz CT molecular complexity index is 280. The zero-order chi connectivity index (χ0) is 11.7. The smallest absolute Gasteiger partial charge is 0.416 e. The lowest BCUT2D eigenvalue weighted by atomic mass is 10.1. The Morgan fingerprint density at radius 2 is 1.87 bits per heavy atom. The van der Waals surface area contributed by atoms with E-state index in [9.17, 15) is 9.59 Å². The summed E-state index contributed by atoms with van der Waals surface area (Å²) >= 11 is 0. The van der Waals surface area contributed by atoms with Gasteiger partial charge < -0.3 is 10.3 Å². The topological polar surface area (TPSA) is 79.8 Å². The molecule has 0 amide bonds. The van der Waals surface area contributed by atoms with Crippen molar-refractivity contribution in [3.8, 4) is 0 Å². The van der Waals surface area contributed by atoms with Crippen molar-refractivity contribution in [2.75, 3.05) is 6.61 Å². The number of carbonyl (C=O) groups is 2. The highest BCUT2D eigenvalue weighted by Crippen LogP contribution is 2.00. The first-order valence-electron chi connectivity index (χ1n) is 5.05. The van der Waals surface area contributed by atoms with Crippen LogP contribution in [0.1, 0.15) is 39.5 Å². The van der Waals surface area contributed by atoms with E-state index in [1.54, 1.807) is 6.92 Å². The average molecular weight is 212 g/mol. The van der Waals surface area contributed by atoms with Gasteiger partial charge in [0.15, 0.2) is 0 Å². The molecule has 0 aliphatic heterocycles. The number of hydrogen-bond donors (Lipinski definition) is 0. The Balaban J connectivity index is 4.08. The predicted molar refractivity (Wildman–Crippen MR) is 54.4 cm³/mol. The average Bonchev–Trinajstić information content (AvgIpc) is 2.19. The highest BCUT2D eigenvalue weighted by molar-refractivity contribution is 6.34. The molecule has 0 radical (unpaired) electrons. The van der Waals surface area contributed by atoms with Crippen molar-refractivity contribution < 1.29 is 19.1 Å². The van der Waals surface area contributed by atoms with Crippen molar-refractivity contribution in [1.29, 1.82) is 0 Å². The first-order chi connectivity index (χ1) is 7.15. The van der Waals surface area contributed by atoms with Crippen LogP contribution in [0.15, 0.2) is 0 Å². The molecule has 0 unspecified atom stereocenters. The summed E-state index contributed by atoms with van der Waals surface area (Å²) in [6.45, 7) is 3.79. The van der Waals surface area contributed by atoms with Crippen molar-refractivity contribution in [2.24, 2.45) is 0 Å². The molecule has 0 aromatic carbocycles. The fourth-order valence-corrected chi connectivity index (χ4v) is 1.07. The first kappa shape index (κ1) is 13.5. The molecule has 0 fully saturated rings. The maximum Gasteiger partial charge on any atom is 0.416 e. The number of ketones is 1. The van der Waals surface area contributed by atoms with E-state index in [-0.39, 0.29) is 30.9 Å². The monoisotopic (exact) mass is 212 g/mol. The molecule has 0 aromatic heterocycles. The van der Waals surface area contributed by atoms with Gasteiger partial charge in [-0.2, -0.15) is 4.79 Å². The normalized spacial score (nSPS) is 9.20. The SMILES string of the molecule is CCCC(=O)CCC(=[N+]=[N-])C(=O)OCC. The van der Waals surface area contributed by atoms with Crippen molar-refractivity contribution in [1.82, 2.24) is 0 Å². The van der Waals surface area contributed by atoms with Crippen LogP contribution in [0, 0.1) is 0 Å². The van der Waals surface area contributed by atoms with E-state index in [0.717, 1.165) is 6.42 Å². The summed E-state index contributed by atoms with van der Waals surface area (Å²) in [7, 11) is 0. The minimum atomic E-state index is -0.663. The third-order valence-corrected chi connectivity index (χ3v) is 1.80. The second-order valence-electron chi connectivity index (χ2n) is 3.06. The van der Waals surface area contributed by atoms with Crippen molar-refractivity contribution in [2.45, 2.75) is 39.5 Å². The van der Waals surface area contributed by atoms with Gasteiger partial charge in [0.25, 0.3) is 0 Å². The van der Waals surface area contributed by atoms with Gasteiger partial charge in [0.05, 0.1) is 13.0 Å². The van der Waals surface area contributed by atoms with Crippen molar-refractivity contribution in [3.05, 3.63) is 5.53 Å². The lowest BCUT2D eigenvalue weighted by Crippen LogP contribution is -2.19. The molecule has 5 heteroatoms. The summed E-state index contributed by atoms with van der Waals surface area (Å²) in [5.74, 6) is -0.604. The predicted octanol–water partition coefficient (Wildman–Crippen LogP) is 1.37. The summed E-state index contributed by atoms with van der Waals surface area (Å²) in [5.41, 5.74) is 8.45. The van der Waals surface area contributed by atoms with Crippen LogP contribution < -0.4 is 0 Å². The number of nitrogens with zero attached hydrogens (tertiary/aromatic N) is 2. The Morgan fingerprint density at radius 3 is 2.33 bits per heavy atom. The molecule has 0 aromatic rings. The maximum absolute atomic E-state index is 11.2. The summed E-state index contributed by atoms with van der Waals surface area (Å²) < 4.78 is 4.65. The van der Waals surface area contributed by atoms with Gasteiger partial charge in [-0.3, -0.25) is 4.79 Å². The van der Waals surface area contributed by atoms with E-state index in [4.69, 9.17) is 5.53 Å². The van der Waals surface area contributed by atoms with E-state index >= 15 is 0 Å². The number of ether oxygens (including phenoxy) is 1. The van der Waals surface area contributed by atoms with Gasteiger partial charge in [0.1, 0.15) is 5.78 Å². The van der Waals surface area contributed by atoms with Crippen LogP contribution in [-0.4, -0.2) is 28.9 Å². The third kappa shape index (κ3) is 5.75. The third-order valence-electron chi connectivity index (χ3n) is 1.80. The van der Waals surface area contributed by atoms with Crippen LogP contribution in [-0.2, 0) is 14.3 Å². The molecule has 0 bridgehead atoms. The molecule has 84 valence electrons. The molecule has 0 atom stereocenters. The Kier molecular flexibility index (Phi) is 7.10. The Hall–Kier alpha value is -1.48. The molecule has 0 N–H and O–H groups in total. The van der Waals surface area contributed by atoms with Gasteiger partial charge in [-0.05, 0) is 13.3 Å². The molecule has 0 saturated heterocycles. The standard InChI is InChI=1S/C10H16N2O3/c1-3-5-8(13)6-7-9(12-11)10(14)15-4-2/h3-7H2,1-2H3. The lowest BCUT2D eigenvalue weighted by molar-refractivity contribution is -0.140. The van der Waals surface area contributed by atoms with Gasteiger partial charge in [-0.15, -0.1) is 0 Å². The van der Waals surface area contributed by atoms with Gasteiger partial charge >= 0.3 is 11.7 Å². The van der Waals surface area contributed by atoms with Gasteiger partial charge in [-0.1, -0.05) is 6.92 Å². The molecular formula is C10H16N2O3. The van der Waals surface area contributed by atoms with Crippen LogP contribution in [0.4, 0.5) is 0 Å². The fraction of sp³-hybridized carbons (Fsp3) is 0.700. The number of hydrogen-bond acceptors (Lipinski definition) is 3. The largest absolute Gasteiger partial charge is 0.457 e. The molecule has 0 saturated carbocycles. The molecule has 0 aliphatic rings. The molecule has 5 nitrogen and oxygen atoms in total. The van der Waals surface area contributed by atoms with E-state index in [1.807, 2.05) is 6.92 Å². The Morgan fingerprint density at radius 1 is 1.20 bits per heavy atom. The zero-order valence-electron chi connectivity index (χ0n) is 9.15. The maximum atomic E-state index is 11.2. The minimum absolute atomic E-state index is 0.0583. The summed E-state index contributed by atoms with van der Waals surface area (Å²) in [6, 6.07) is 0. The fourth-order valence-electron chi connectivity index (χ4n) is 1.07. The second-order valence-corrected chi connectivity index (χ2v) is 3.06. The molecule has 0 heterocycles. The summed E-state index contributed by atoms with van der Waals surface area (Å²) in [5, 5.41) is 0. The highest BCUT2D eigenvalue weighted by atomic mass is 16.5. The molecule has 0 aliphatic carbocycles. The molecule has 0 rings (SSSR count). The van der Waals surface area contributed by atoms with Crippen LogP contribution in [0.3, 0.4) is 0 Å². The van der Waals surface area contributed by atoms with Crippen LogP contribution >= 0.6 is 0 Å². The van der Waals surface area contributed by atoms with Crippen LogP contribution in [0.5, 0.6) is 0 Å². The quantitative estimate of drug-likeness (QED) is 0.276. The van der Waals surface area contributed by atoms with E-state index < -0.39 is 5.97 Å². The van der Waals surface area contributed by atoms with E-state index in [0.29, 0.717) is 6.42 Å². The number of rotatable bonds is 7. The number of carbonyl (C=O) groups excluding carboxylic acids is 2. The second kappa shape index (κ2) is 7.88.